The lowest BCUT2D eigenvalue weighted by Gasteiger charge is -2.13. The summed E-state index contributed by atoms with van der Waals surface area (Å²) in [6.07, 6.45) is 0. The van der Waals surface area contributed by atoms with Crippen molar-refractivity contribution in [2.75, 3.05) is 17.8 Å². The number of sulfonamides is 1. The number of carbonyl (C=O) groups is 1. The van der Waals surface area contributed by atoms with Crippen LogP contribution in [0.15, 0.2) is 47.4 Å². The van der Waals surface area contributed by atoms with Crippen LogP contribution in [0.4, 0.5) is 10.1 Å². The highest BCUT2D eigenvalue weighted by atomic mass is 35.5. The standard InChI is InChI=1S/C18H22FN3O3S.ClH/c1-12(10-20)11-21-18(23)14-4-3-13(2)17(9-14)26(24,25)22-16-7-5-15(19)6-8-16;/h3-9,12,22H,10-11,20H2,1-2H3,(H,21,23);1H. The van der Waals surface area contributed by atoms with Gasteiger partial charge in [-0.3, -0.25) is 9.52 Å². The van der Waals surface area contributed by atoms with Crippen LogP contribution < -0.4 is 15.8 Å². The molecule has 0 radical (unpaired) electrons. The van der Waals surface area contributed by atoms with Gasteiger partial charge >= 0.3 is 0 Å². The van der Waals surface area contributed by atoms with Crippen molar-refractivity contribution in [1.82, 2.24) is 5.32 Å². The Labute approximate surface area is 164 Å². The molecule has 0 saturated carbocycles. The fourth-order valence-corrected chi connectivity index (χ4v) is 3.54. The monoisotopic (exact) mass is 415 g/mol. The van der Waals surface area contributed by atoms with Gasteiger partial charge in [0.05, 0.1) is 4.90 Å². The second kappa shape index (κ2) is 9.68. The van der Waals surface area contributed by atoms with Gasteiger partial charge in [-0.05, 0) is 61.3 Å². The van der Waals surface area contributed by atoms with E-state index in [1.807, 2.05) is 6.92 Å². The van der Waals surface area contributed by atoms with E-state index in [2.05, 4.69) is 10.0 Å². The number of nitrogens with one attached hydrogen (secondary N) is 2. The van der Waals surface area contributed by atoms with Gasteiger partial charge in [0.1, 0.15) is 5.82 Å². The van der Waals surface area contributed by atoms with Gasteiger partial charge < -0.3 is 11.1 Å². The smallest absolute Gasteiger partial charge is 0.262 e. The minimum atomic E-state index is -3.92. The first-order valence-electron chi connectivity index (χ1n) is 8.10. The van der Waals surface area contributed by atoms with Crippen molar-refractivity contribution in [2.24, 2.45) is 11.7 Å². The average Bonchev–Trinajstić information content (AvgIpc) is 2.61. The highest BCUT2D eigenvalue weighted by molar-refractivity contribution is 7.92. The zero-order chi connectivity index (χ0) is 19.3. The molecule has 0 aliphatic carbocycles. The molecule has 2 aromatic rings. The molecule has 0 bridgehead atoms. The molecule has 1 amide bonds. The van der Waals surface area contributed by atoms with E-state index >= 15 is 0 Å². The lowest BCUT2D eigenvalue weighted by atomic mass is 10.1. The third-order valence-corrected chi connectivity index (χ3v) is 5.37. The van der Waals surface area contributed by atoms with Crippen LogP contribution in [0.1, 0.15) is 22.8 Å². The van der Waals surface area contributed by atoms with Crippen molar-refractivity contribution in [3.05, 3.63) is 59.4 Å². The first kappa shape index (κ1) is 22.9. The summed E-state index contributed by atoms with van der Waals surface area (Å²) in [6, 6.07) is 9.43. The van der Waals surface area contributed by atoms with Crippen LogP contribution in [-0.2, 0) is 10.0 Å². The molecule has 0 heterocycles. The molecule has 27 heavy (non-hydrogen) atoms. The lowest BCUT2D eigenvalue weighted by molar-refractivity contribution is 0.0948. The molecule has 0 spiro atoms. The maximum atomic E-state index is 13.0. The van der Waals surface area contributed by atoms with Crippen LogP contribution in [0.2, 0.25) is 0 Å². The number of hydrogen-bond donors (Lipinski definition) is 3. The molecule has 2 aromatic carbocycles. The van der Waals surface area contributed by atoms with Gasteiger partial charge in [0, 0.05) is 17.8 Å². The predicted octanol–water partition coefficient (Wildman–Crippen LogP) is 2.68. The van der Waals surface area contributed by atoms with E-state index < -0.39 is 15.8 Å². The van der Waals surface area contributed by atoms with Gasteiger partial charge in [0.2, 0.25) is 0 Å². The van der Waals surface area contributed by atoms with Crippen molar-refractivity contribution >= 4 is 34.0 Å². The molecule has 0 aromatic heterocycles. The number of aryl methyl sites for hydroxylation is 1. The van der Waals surface area contributed by atoms with Gasteiger partial charge in [0.25, 0.3) is 15.9 Å². The molecule has 0 saturated heterocycles. The Balaban J connectivity index is 0.00000364. The normalized spacial score (nSPS) is 12.0. The van der Waals surface area contributed by atoms with Crippen LogP contribution >= 0.6 is 12.4 Å². The van der Waals surface area contributed by atoms with Crippen LogP contribution in [0.25, 0.3) is 0 Å². The number of rotatable bonds is 7. The quantitative estimate of drug-likeness (QED) is 0.647. The maximum absolute atomic E-state index is 13.0. The fraction of sp³-hybridized carbons (Fsp3) is 0.278. The Kier molecular flexibility index (Phi) is 8.20. The van der Waals surface area contributed by atoms with Crippen molar-refractivity contribution in [3.8, 4) is 0 Å². The number of benzene rings is 2. The van der Waals surface area contributed by atoms with E-state index in [-0.39, 0.29) is 40.4 Å². The second-order valence-electron chi connectivity index (χ2n) is 6.14. The summed E-state index contributed by atoms with van der Waals surface area (Å²) in [5.41, 5.74) is 6.48. The van der Waals surface area contributed by atoms with Crippen LogP contribution in [0.5, 0.6) is 0 Å². The van der Waals surface area contributed by atoms with Gasteiger partial charge in [0.15, 0.2) is 0 Å². The number of hydrogen-bond acceptors (Lipinski definition) is 4. The Hall–Kier alpha value is -2.16. The summed E-state index contributed by atoms with van der Waals surface area (Å²) in [7, 11) is -3.92. The highest BCUT2D eigenvalue weighted by Crippen LogP contribution is 2.21. The zero-order valence-electron chi connectivity index (χ0n) is 15.0. The predicted molar refractivity (Wildman–Crippen MR) is 106 cm³/mol. The van der Waals surface area contributed by atoms with Gasteiger partial charge in [-0.1, -0.05) is 13.0 Å². The molecule has 9 heteroatoms. The summed E-state index contributed by atoms with van der Waals surface area (Å²) in [6.45, 7) is 4.38. The molecule has 1 unspecified atom stereocenters. The van der Waals surface area contributed by atoms with E-state index in [9.17, 15) is 17.6 Å². The van der Waals surface area contributed by atoms with Crippen LogP contribution in [-0.4, -0.2) is 27.4 Å². The molecule has 0 fully saturated rings. The largest absolute Gasteiger partial charge is 0.352 e. The van der Waals surface area contributed by atoms with E-state index in [1.165, 1.54) is 18.2 Å². The number of carbonyl (C=O) groups excluding carboxylic acids is 1. The molecule has 0 aliphatic heterocycles. The molecule has 1 atom stereocenters. The van der Waals surface area contributed by atoms with Crippen molar-refractivity contribution in [1.29, 1.82) is 0 Å². The number of amides is 1. The second-order valence-corrected chi connectivity index (χ2v) is 7.79. The van der Waals surface area contributed by atoms with Crippen LogP contribution in [0, 0.1) is 18.7 Å². The third kappa shape index (κ3) is 6.20. The van der Waals surface area contributed by atoms with Gasteiger partial charge in [-0.25, -0.2) is 12.8 Å². The molecular formula is C18H23ClFN3O3S. The zero-order valence-corrected chi connectivity index (χ0v) is 16.7. The summed E-state index contributed by atoms with van der Waals surface area (Å²) in [5.74, 6) is -0.717. The van der Waals surface area contributed by atoms with Crippen molar-refractivity contribution < 1.29 is 17.6 Å². The van der Waals surface area contributed by atoms with E-state index in [0.717, 1.165) is 12.1 Å². The highest BCUT2D eigenvalue weighted by Gasteiger charge is 2.19. The Bertz CT molecular complexity index is 889. The average molecular weight is 416 g/mol. The molecule has 148 valence electrons. The SMILES string of the molecule is Cc1ccc(C(=O)NCC(C)CN)cc1S(=O)(=O)Nc1ccc(F)cc1.Cl. The Morgan fingerprint density at radius 2 is 1.81 bits per heavy atom. The lowest BCUT2D eigenvalue weighted by Crippen LogP contribution is -2.31. The first-order chi connectivity index (χ1) is 12.2. The van der Waals surface area contributed by atoms with Gasteiger partial charge in [-0.2, -0.15) is 0 Å². The minimum absolute atomic E-state index is 0. The molecular weight excluding hydrogens is 393 g/mol. The minimum Gasteiger partial charge on any atom is -0.352 e. The topological polar surface area (TPSA) is 101 Å². The molecule has 0 aliphatic rings. The Morgan fingerprint density at radius 1 is 1.19 bits per heavy atom. The number of nitrogens with two attached hydrogens (primary N) is 1. The first-order valence-corrected chi connectivity index (χ1v) is 9.58. The summed E-state index contributed by atoms with van der Waals surface area (Å²) >= 11 is 0. The number of anilines is 1. The van der Waals surface area contributed by atoms with E-state index in [1.54, 1.807) is 19.1 Å². The van der Waals surface area contributed by atoms with Crippen LogP contribution in [0.3, 0.4) is 0 Å². The summed E-state index contributed by atoms with van der Waals surface area (Å²) < 4.78 is 40.6. The maximum Gasteiger partial charge on any atom is 0.262 e. The molecule has 4 N–H and O–H groups in total. The molecule has 2 rings (SSSR count). The number of halogens is 2. The summed E-state index contributed by atoms with van der Waals surface area (Å²) in [5, 5.41) is 2.73. The third-order valence-electron chi connectivity index (χ3n) is 3.85. The van der Waals surface area contributed by atoms with E-state index in [4.69, 9.17) is 5.73 Å². The molecule has 6 nitrogen and oxygen atoms in total. The van der Waals surface area contributed by atoms with Crippen molar-refractivity contribution in [3.63, 3.8) is 0 Å². The van der Waals surface area contributed by atoms with E-state index in [0.29, 0.717) is 18.7 Å². The Morgan fingerprint density at radius 3 is 2.41 bits per heavy atom. The summed E-state index contributed by atoms with van der Waals surface area (Å²) in [4.78, 5) is 12.2. The van der Waals surface area contributed by atoms with Gasteiger partial charge in [-0.15, -0.1) is 12.4 Å². The van der Waals surface area contributed by atoms with Crippen molar-refractivity contribution in [2.45, 2.75) is 18.7 Å². The fourth-order valence-electron chi connectivity index (χ4n) is 2.21.